The molecule has 0 unspecified atom stereocenters. The van der Waals surface area contributed by atoms with Gasteiger partial charge < -0.3 is 5.32 Å². The number of amides is 1. The van der Waals surface area contributed by atoms with Gasteiger partial charge in [-0.05, 0) is 35.7 Å². The Kier molecular flexibility index (Phi) is 5.64. The highest BCUT2D eigenvalue weighted by molar-refractivity contribution is 8.00. The van der Waals surface area contributed by atoms with Crippen LogP contribution < -0.4 is 5.32 Å². The maximum atomic E-state index is 11.7. The van der Waals surface area contributed by atoms with Crippen LogP contribution in [-0.2, 0) is 4.79 Å². The highest BCUT2D eigenvalue weighted by atomic mass is 35.5. The summed E-state index contributed by atoms with van der Waals surface area (Å²) in [7, 11) is 0. The Morgan fingerprint density at radius 1 is 1.15 bits per heavy atom. The fraction of sp³-hybridized carbons (Fsp3) is 0.143. The summed E-state index contributed by atoms with van der Waals surface area (Å²) in [6.45, 7) is 0. The molecular formula is C14H12ClNO2S2. The Labute approximate surface area is 130 Å². The van der Waals surface area contributed by atoms with E-state index in [9.17, 15) is 9.59 Å². The monoisotopic (exact) mass is 325 g/mol. The van der Waals surface area contributed by atoms with Gasteiger partial charge in [-0.2, -0.15) is 0 Å². The van der Waals surface area contributed by atoms with Gasteiger partial charge in [0.15, 0.2) is 5.78 Å². The summed E-state index contributed by atoms with van der Waals surface area (Å²) in [5, 5.41) is 5.24. The third-order valence-electron chi connectivity index (χ3n) is 2.39. The largest absolute Gasteiger partial charge is 0.325 e. The number of ketones is 1. The van der Waals surface area contributed by atoms with Crippen LogP contribution >= 0.6 is 34.7 Å². The molecule has 104 valence electrons. The van der Waals surface area contributed by atoms with Crippen LogP contribution in [0.15, 0.2) is 41.8 Å². The number of thioether (sulfide) groups is 1. The Bertz CT molecular complexity index is 582. The van der Waals surface area contributed by atoms with Crippen LogP contribution in [0.25, 0.3) is 0 Å². The molecule has 0 bridgehead atoms. The summed E-state index contributed by atoms with van der Waals surface area (Å²) >= 11 is 8.49. The Balaban J connectivity index is 1.73. The minimum absolute atomic E-state index is 0.0595. The molecule has 6 heteroatoms. The van der Waals surface area contributed by atoms with Crippen LogP contribution in [0, 0.1) is 0 Å². The highest BCUT2D eigenvalue weighted by Gasteiger charge is 2.09. The molecular weight excluding hydrogens is 314 g/mol. The third kappa shape index (κ3) is 4.67. The van der Waals surface area contributed by atoms with E-state index in [1.54, 1.807) is 30.3 Å². The first-order valence-corrected chi connectivity index (χ1v) is 8.26. The summed E-state index contributed by atoms with van der Waals surface area (Å²) in [4.78, 5) is 24.2. The molecule has 1 aromatic carbocycles. The van der Waals surface area contributed by atoms with Gasteiger partial charge in [0.25, 0.3) is 0 Å². The van der Waals surface area contributed by atoms with Crippen LogP contribution in [0.2, 0.25) is 5.02 Å². The second kappa shape index (κ2) is 7.47. The second-order valence-electron chi connectivity index (χ2n) is 3.95. The maximum Gasteiger partial charge on any atom is 0.234 e. The van der Waals surface area contributed by atoms with Gasteiger partial charge in [-0.1, -0.05) is 17.7 Å². The lowest BCUT2D eigenvalue weighted by molar-refractivity contribution is -0.113. The number of nitrogens with one attached hydrogen (secondary N) is 1. The number of rotatable bonds is 6. The molecule has 0 atom stereocenters. The van der Waals surface area contributed by atoms with Crippen molar-refractivity contribution in [3.63, 3.8) is 0 Å². The number of carbonyl (C=O) groups excluding carboxylic acids is 2. The van der Waals surface area contributed by atoms with Crippen LogP contribution in [0.5, 0.6) is 0 Å². The summed E-state index contributed by atoms with van der Waals surface area (Å²) in [5.74, 6) is 0.495. The Morgan fingerprint density at radius 2 is 1.90 bits per heavy atom. The Morgan fingerprint density at radius 3 is 2.55 bits per heavy atom. The van der Waals surface area contributed by atoms with Gasteiger partial charge in [-0.15, -0.1) is 23.1 Å². The number of Topliss-reactive ketones (excluding diaryl/α,β-unsaturated/α-hetero) is 1. The lowest BCUT2D eigenvalue weighted by Gasteiger charge is -2.04. The number of anilines is 1. The summed E-state index contributed by atoms with van der Waals surface area (Å²) in [6.07, 6.45) is 0. The van der Waals surface area contributed by atoms with E-state index in [0.717, 1.165) is 4.88 Å². The minimum Gasteiger partial charge on any atom is -0.325 e. The SMILES string of the molecule is O=C(CSCC(=O)c1cccs1)Nc1ccc(Cl)cc1. The zero-order valence-corrected chi connectivity index (χ0v) is 12.9. The lowest BCUT2D eigenvalue weighted by atomic mass is 10.3. The first kappa shape index (κ1) is 15.1. The average molecular weight is 326 g/mol. The van der Waals surface area contributed by atoms with E-state index in [-0.39, 0.29) is 17.4 Å². The van der Waals surface area contributed by atoms with E-state index in [1.807, 2.05) is 11.4 Å². The summed E-state index contributed by atoms with van der Waals surface area (Å²) in [6, 6.07) is 10.5. The molecule has 20 heavy (non-hydrogen) atoms. The van der Waals surface area contributed by atoms with Gasteiger partial charge in [0.1, 0.15) is 0 Å². The van der Waals surface area contributed by atoms with Crippen molar-refractivity contribution in [3.05, 3.63) is 51.7 Å². The van der Waals surface area contributed by atoms with Crippen molar-refractivity contribution < 1.29 is 9.59 Å². The molecule has 2 aromatic rings. The average Bonchev–Trinajstić information content (AvgIpc) is 2.95. The van der Waals surface area contributed by atoms with E-state index in [1.165, 1.54) is 23.1 Å². The predicted molar refractivity (Wildman–Crippen MR) is 86.1 cm³/mol. The van der Waals surface area contributed by atoms with Crippen molar-refractivity contribution in [2.45, 2.75) is 0 Å². The molecule has 0 aliphatic heterocycles. The highest BCUT2D eigenvalue weighted by Crippen LogP contribution is 2.15. The molecule has 1 aromatic heterocycles. The van der Waals surface area contributed by atoms with E-state index in [0.29, 0.717) is 16.5 Å². The zero-order valence-electron chi connectivity index (χ0n) is 10.5. The molecule has 3 nitrogen and oxygen atoms in total. The summed E-state index contributed by atoms with van der Waals surface area (Å²) < 4.78 is 0. The molecule has 1 amide bonds. The molecule has 0 saturated heterocycles. The summed E-state index contributed by atoms with van der Waals surface area (Å²) in [5.41, 5.74) is 0.699. The van der Waals surface area contributed by atoms with Crippen molar-refractivity contribution in [1.29, 1.82) is 0 Å². The smallest absolute Gasteiger partial charge is 0.234 e. The molecule has 0 fully saturated rings. The minimum atomic E-state index is -0.128. The number of benzene rings is 1. The standard InChI is InChI=1S/C14H12ClNO2S2/c15-10-3-5-11(6-4-10)16-14(18)9-19-8-12(17)13-2-1-7-20-13/h1-7H,8-9H2,(H,16,18). The number of hydrogen-bond acceptors (Lipinski definition) is 4. The van der Waals surface area contributed by atoms with Gasteiger partial charge in [0, 0.05) is 10.7 Å². The van der Waals surface area contributed by atoms with Crippen LogP contribution in [0.3, 0.4) is 0 Å². The number of carbonyl (C=O) groups is 2. The van der Waals surface area contributed by atoms with Gasteiger partial charge in [-0.3, -0.25) is 9.59 Å². The maximum absolute atomic E-state index is 11.7. The fourth-order valence-electron chi connectivity index (χ4n) is 1.48. The molecule has 0 saturated carbocycles. The molecule has 1 heterocycles. The molecule has 2 rings (SSSR count). The van der Waals surface area contributed by atoms with Crippen LogP contribution in [0.4, 0.5) is 5.69 Å². The topological polar surface area (TPSA) is 46.2 Å². The first-order valence-electron chi connectivity index (χ1n) is 5.85. The zero-order chi connectivity index (χ0) is 14.4. The van der Waals surface area contributed by atoms with Crippen LogP contribution in [-0.4, -0.2) is 23.2 Å². The van der Waals surface area contributed by atoms with E-state index in [2.05, 4.69) is 5.32 Å². The number of halogens is 1. The molecule has 1 N–H and O–H groups in total. The first-order chi connectivity index (χ1) is 9.65. The van der Waals surface area contributed by atoms with Crippen molar-refractivity contribution in [3.8, 4) is 0 Å². The normalized spacial score (nSPS) is 10.2. The van der Waals surface area contributed by atoms with Gasteiger partial charge in [-0.25, -0.2) is 0 Å². The predicted octanol–water partition coefficient (Wildman–Crippen LogP) is 3.96. The second-order valence-corrected chi connectivity index (χ2v) is 6.32. The van der Waals surface area contributed by atoms with Gasteiger partial charge >= 0.3 is 0 Å². The van der Waals surface area contributed by atoms with E-state index < -0.39 is 0 Å². The van der Waals surface area contributed by atoms with Crippen molar-refractivity contribution in [2.24, 2.45) is 0 Å². The molecule has 0 radical (unpaired) electrons. The fourth-order valence-corrected chi connectivity index (χ4v) is 3.06. The third-order valence-corrected chi connectivity index (χ3v) is 4.49. The lowest BCUT2D eigenvalue weighted by Crippen LogP contribution is -2.15. The number of thiophene rings is 1. The van der Waals surface area contributed by atoms with Gasteiger partial charge in [0.2, 0.25) is 5.91 Å². The quantitative estimate of drug-likeness (QED) is 0.818. The Hall–Kier alpha value is -1.30. The van der Waals surface area contributed by atoms with Crippen molar-refractivity contribution in [2.75, 3.05) is 16.8 Å². The van der Waals surface area contributed by atoms with E-state index in [4.69, 9.17) is 11.6 Å². The molecule has 0 spiro atoms. The van der Waals surface area contributed by atoms with Crippen molar-refractivity contribution >= 4 is 52.1 Å². The van der Waals surface area contributed by atoms with Gasteiger partial charge in [0.05, 0.1) is 16.4 Å². The molecule has 0 aliphatic rings. The molecule has 0 aliphatic carbocycles. The van der Waals surface area contributed by atoms with E-state index >= 15 is 0 Å². The van der Waals surface area contributed by atoms with Crippen LogP contribution in [0.1, 0.15) is 9.67 Å². The number of hydrogen-bond donors (Lipinski definition) is 1. The van der Waals surface area contributed by atoms with Crippen molar-refractivity contribution in [1.82, 2.24) is 0 Å².